The summed E-state index contributed by atoms with van der Waals surface area (Å²) in [5, 5.41) is 0. The zero-order valence-electron chi connectivity index (χ0n) is 15.5. The number of piperazine rings is 1. The Hall–Kier alpha value is -2.47. The van der Waals surface area contributed by atoms with E-state index in [1.807, 2.05) is 30.9 Å². The number of benzene rings is 1. The van der Waals surface area contributed by atoms with E-state index in [4.69, 9.17) is 0 Å². The van der Waals surface area contributed by atoms with Gasteiger partial charge in [0.25, 0.3) is 0 Å². The molecular weight excluding hydrogens is 326 g/mol. The van der Waals surface area contributed by atoms with Crippen LogP contribution in [0, 0.1) is 13.8 Å². The molecule has 136 valence electrons. The van der Waals surface area contributed by atoms with Gasteiger partial charge in [-0.05, 0) is 31.9 Å². The molecule has 0 unspecified atom stereocenters. The van der Waals surface area contributed by atoms with Crippen molar-refractivity contribution in [1.29, 1.82) is 0 Å². The summed E-state index contributed by atoms with van der Waals surface area (Å²) in [5.74, 6) is 2.06. The molecule has 4 rings (SSSR count). The third kappa shape index (κ3) is 3.42. The maximum Gasteiger partial charge on any atom is 0.228 e. The predicted molar refractivity (Wildman–Crippen MR) is 102 cm³/mol. The lowest BCUT2D eigenvalue weighted by atomic mass is 10.0. The first-order chi connectivity index (χ1) is 12.6. The van der Waals surface area contributed by atoms with Crippen molar-refractivity contribution in [3.63, 3.8) is 0 Å². The van der Waals surface area contributed by atoms with E-state index in [2.05, 4.69) is 38.0 Å². The topological polar surface area (TPSA) is 52.6 Å². The van der Waals surface area contributed by atoms with E-state index < -0.39 is 0 Å². The molecule has 0 radical (unpaired) electrons. The number of hydrogen-bond donors (Lipinski definition) is 0. The van der Waals surface area contributed by atoms with Gasteiger partial charge in [0.2, 0.25) is 5.91 Å². The van der Waals surface area contributed by atoms with E-state index in [0.29, 0.717) is 13.1 Å². The Bertz CT molecular complexity index is 793. The van der Waals surface area contributed by atoms with E-state index in [-0.39, 0.29) is 5.91 Å². The van der Waals surface area contributed by atoms with E-state index in [1.54, 1.807) is 0 Å². The average Bonchev–Trinajstić information content (AvgIpc) is 2.64. The summed E-state index contributed by atoms with van der Waals surface area (Å²) in [6.45, 7) is 8.30. The van der Waals surface area contributed by atoms with Crippen LogP contribution in [-0.2, 0) is 11.2 Å². The molecule has 0 aliphatic carbocycles. The molecule has 2 aliphatic rings. The van der Waals surface area contributed by atoms with Crippen LogP contribution in [0.2, 0.25) is 0 Å². The molecule has 0 N–H and O–H groups in total. The summed E-state index contributed by atoms with van der Waals surface area (Å²) >= 11 is 0. The van der Waals surface area contributed by atoms with E-state index >= 15 is 0 Å². The van der Waals surface area contributed by atoms with Gasteiger partial charge in [0.15, 0.2) is 0 Å². The third-order valence-electron chi connectivity index (χ3n) is 5.18. The highest BCUT2D eigenvalue weighted by Crippen LogP contribution is 2.28. The van der Waals surface area contributed by atoms with Crippen molar-refractivity contribution in [2.24, 2.45) is 0 Å². The Morgan fingerprint density at radius 3 is 2.54 bits per heavy atom. The lowest BCUT2D eigenvalue weighted by Gasteiger charge is -2.39. The Balaban J connectivity index is 1.42. The van der Waals surface area contributed by atoms with Gasteiger partial charge in [0.05, 0.1) is 6.67 Å². The number of rotatable bonds is 3. The first kappa shape index (κ1) is 17.0. The fourth-order valence-corrected chi connectivity index (χ4v) is 3.83. The van der Waals surface area contributed by atoms with Gasteiger partial charge in [0.1, 0.15) is 11.6 Å². The third-order valence-corrected chi connectivity index (χ3v) is 5.18. The second-order valence-electron chi connectivity index (χ2n) is 7.11. The lowest BCUT2D eigenvalue weighted by molar-refractivity contribution is -0.119. The fourth-order valence-electron chi connectivity index (χ4n) is 3.83. The highest BCUT2D eigenvalue weighted by Gasteiger charge is 2.27. The minimum absolute atomic E-state index is 0.230. The monoisotopic (exact) mass is 351 g/mol. The molecule has 1 saturated heterocycles. The molecule has 0 atom stereocenters. The molecule has 6 heteroatoms. The summed E-state index contributed by atoms with van der Waals surface area (Å²) < 4.78 is 0. The van der Waals surface area contributed by atoms with Gasteiger partial charge < -0.3 is 4.90 Å². The summed E-state index contributed by atoms with van der Waals surface area (Å²) in [4.78, 5) is 28.0. The second kappa shape index (κ2) is 7.03. The average molecular weight is 351 g/mol. The molecular formula is C20H25N5O. The Morgan fingerprint density at radius 1 is 1.00 bits per heavy atom. The second-order valence-corrected chi connectivity index (χ2v) is 7.11. The number of aromatic nitrogens is 2. The number of fused-ring (bicyclic) bond motifs is 1. The van der Waals surface area contributed by atoms with Gasteiger partial charge in [-0.25, -0.2) is 9.97 Å². The van der Waals surface area contributed by atoms with Crippen molar-refractivity contribution in [3.8, 4) is 0 Å². The highest BCUT2D eigenvalue weighted by molar-refractivity contribution is 5.96. The molecule has 3 heterocycles. The Labute approximate surface area is 154 Å². The van der Waals surface area contributed by atoms with Crippen molar-refractivity contribution in [2.45, 2.75) is 26.7 Å². The van der Waals surface area contributed by atoms with Crippen molar-refractivity contribution < 1.29 is 4.79 Å². The number of carbonyl (C=O) groups excluding carboxylic acids is 1. The van der Waals surface area contributed by atoms with Crippen LogP contribution in [0.3, 0.4) is 0 Å². The van der Waals surface area contributed by atoms with Crippen LogP contribution in [0.1, 0.15) is 23.5 Å². The van der Waals surface area contributed by atoms with Gasteiger partial charge >= 0.3 is 0 Å². The van der Waals surface area contributed by atoms with Gasteiger partial charge in [-0.15, -0.1) is 0 Å². The molecule has 0 saturated carbocycles. The van der Waals surface area contributed by atoms with Crippen LogP contribution in [0.4, 0.5) is 11.5 Å². The molecule has 6 nitrogen and oxygen atoms in total. The fraction of sp³-hybridized carbons (Fsp3) is 0.450. The zero-order valence-corrected chi connectivity index (χ0v) is 15.5. The molecule has 1 fully saturated rings. The number of nitrogens with zero attached hydrogens (tertiary/aromatic N) is 5. The van der Waals surface area contributed by atoms with Crippen molar-refractivity contribution in [2.75, 3.05) is 42.6 Å². The minimum Gasteiger partial charge on any atom is -0.354 e. The highest BCUT2D eigenvalue weighted by atomic mass is 16.2. The number of aryl methyl sites for hydroxylation is 3. The maximum absolute atomic E-state index is 12.5. The summed E-state index contributed by atoms with van der Waals surface area (Å²) in [7, 11) is 0. The Morgan fingerprint density at radius 2 is 1.77 bits per heavy atom. The summed E-state index contributed by atoms with van der Waals surface area (Å²) in [5.41, 5.74) is 3.36. The number of para-hydroxylation sites is 1. The van der Waals surface area contributed by atoms with Crippen LogP contribution >= 0.6 is 0 Å². The Kier molecular flexibility index (Phi) is 4.59. The van der Waals surface area contributed by atoms with Crippen LogP contribution < -0.4 is 9.80 Å². The standard InChI is InChI=1S/C20H25N5O/c1-15-13-19(22-16(2)21-15)24-11-9-23(10-12-24)14-25-18-6-4-3-5-17(18)7-8-20(25)26/h3-6,13H,7-12,14H2,1-2H3. The summed E-state index contributed by atoms with van der Waals surface area (Å²) in [6.07, 6.45) is 1.46. The van der Waals surface area contributed by atoms with Gasteiger partial charge in [0, 0.05) is 50.0 Å². The van der Waals surface area contributed by atoms with E-state index in [0.717, 1.165) is 55.6 Å². The van der Waals surface area contributed by atoms with Crippen LogP contribution in [-0.4, -0.2) is 53.6 Å². The van der Waals surface area contributed by atoms with Gasteiger partial charge in [-0.1, -0.05) is 18.2 Å². The first-order valence-corrected chi connectivity index (χ1v) is 9.28. The first-order valence-electron chi connectivity index (χ1n) is 9.28. The molecule has 2 aromatic rings. The molecule has 26 heavy (non-hydrogen) atoms. The van der Waals surface area contributed by atoms with Gasteiger partial charge in [-0.2, -0.15) is 0 Å². The van der Waals surface area contributed by atoms with Crippen molar-refractivity contribution in [1.82, 2.24) is 14.9 Å². The maximum atomic E-state index is 12.5. The van der Waals surface area contributed by atoms with Crippen LogP contribution in [0.15, 0.2) is 30.3 Å². The molecule has 2 aliphatic heterocycles. The quantitative estimate of drug-likeness (QED) is 0.848. The normalized spacial score (nSPS) is 18.2. The largest absolute Gasteiger partial charge is 0.354 e. The molecule has 1 amide bonds. The lowest BCUT2D eigenvalue weighted by Crippen LogP contribution is -2.52. The molecule has 1 aromatic carbocycles. The van der Waals surface area contributed by atoms with Gasteiger partial charge in [-0.3, -0.25) is 14.6 Å². The van der Waals surface area contributed by atoms with Crippen molar-refractivity contribution in [3.05, 3.63) is 47.4 Å². The smallest absolute Gasteiger partial charge is 0.228 e. The summed E-state index contributed by atoms with van der Waals surface area (Å²) in [6, 6.07) is 10.3. The molecule has 1 aromatic heterocycles. The van der Waals surface area contributed by atoms with E-state index in [9.17, 15) is 4.79 Å². The van der Waals surface area contributed by atoms with E-state index in [1.165, 1.54) is 5.56 Å². The SMILES string of the molecule is Cc1cc(N2CCN(CN3C(=O)CCc4ccccc43)CC2)nc(C)n1. The number of anilines is 2. The predicted octanol–water partition coefficient (Wildman–Crippen LogP) is 2.15. The number of hydrogen-bond acceptors (Lipinski definition) is 5. The number of amides is 1. The van der Waals surface area contributed by atoms with Crippen LogP contribution in [0.25, 0.3) is 0 Å². The van der Waals surface area contributed by atoms with Crippen molar-refractivity contribution >= 4 is 17.4 Å². The minimum atomic E-state index is 0.230. The van der Waals surface area contributed by atoms with Crippen LogP contribution in [0.5, 0.6) is 0 Å². The zero-order chi connectivity index (χ0) is 18.1. The number of carbonyl (C=O) groups is 1. The molecule has 0 bridgehead atoms. The molecule has 0 spiro atoms.